The number of halogens is 1. The smallest absolute Gasteiger partial charge is 0.193 e. The zero-order chi connectivity index (χ0) is 20.3. The average Bonchev–Trinajstić information content (AvgIpc) is 2.76. The minimum absolute atomic E-state index is 0. The summed E-state index contributed by atoms with van der Waals surface area (Å²) >= 11 is 0. The van der Waals surface area contributed by atoms with Gasteiger partial charge in [-0.1, -0.05) is 24.3 Å². The Balaban J connectivity index is 0.00000320. The first-order valence-corrected chi connectivity index (χ1v) is 11.2. The average molecular weight is 530 g/mol. The zero-order valence-corrected chi connectivity index (χ0v) is 21.0. The van der Waals surface area contributed by atoms with Gasteiger partial charge in [0.05, 0.1) is 12.6 Å². The fourth-order valence-corrected chi connectivity index (χ4v) is 4.16. The van der Waals surface area contributed by atoms with Gasteiger partial charge in [-0.3, -0.25) is 9.89 Å². The van der Waals surface area contributed by atoms with Crippen molar-refractivity contribution in [2.45, 2.75) is 45.3 Å². The molecule has 30 heavy (non-hydrogen) atoms. The monoisotopic (exact) mass is 530 g/mol. The van der Waals surface area contributed by atoms with Gasteiger partial charge in [-0.2, -0.15) is 0 Å². The third-order valence-electron chi connectivity index (χ3n) is 5.81. The number of methoxy groups -OCH3 is 1. The molecule has 170 valence electrons. The Labute approximate surface area is 199 Å². The van der Waals surface area contributed by atoms with Crippen LogP contribution in [-0.4, -0.2) is 81.5 Å². The molecule has 1 aromatic carbocycles. The summed E-state index contributed by atoms with van der Waals surface area (Å²) in [6, 6.07) is 8.82. The molecule has 2 aliphatic rings. The summed E-state index contributed by atoms with van der Waals surface area (Å²) in [7, 11) is 1.74. The third kappa shape index (κ3) is 7.98. The molecule has 1 aromatic rings. The van der Waals surface area contributed by atoms with Crippen LogP contribution in [0, 0.1) is 0 Å². The van der Waals surface area contributed by atoms with Crippen molar-refractivity contribution < 1.29 is 9.47 Å². The number of rotatable bonds is 9. The van der Waals surface area contributed by atoms with Gasteiger partial charge in [0.15, 0.2) is 5.96 Å². The molecule has 0 bridgehead atoms. The maximum absolute atomic E-state index is 5.99. The Hall–Kier alpha value is -0.900. The lowest BCUT2D eigenvalue weighted by atomic mass is 10.00. The Bertz CT molecular complexity index is 635. The predicted octanol–water partition coefficient (Wildman–Crippen LogP) is 3.15. The van der Waals surface area contributed by atoms with E-state index in [0.717, 1.165) is 90.7 Å². The summed E-state index contributed by atoms with van der Waals surface area (Å²) in [6.45, 7) is 10.7. The van der Waals surface area contributed by atoms with Crippen LogP contribution in [0.5, 0.6) is 0 Å². The fraction of sp³-hybridized carbons (Fsp3) is 0.696. The maximum Gasteiger partial charge on any atom is 0.193 e. The molecule has 2 aliphatic heterocycles. The predicted molar refractivity (Wildman–Crippen MR) is 134 cm³/mol. The van der Waals surface area contributed by atoms with Crippen LogP contribution < -0.4 is 5.32 Å². The highest BCUT2D eigenvalue weighted by atomic mass is 127. The second-order valence-electron chi connectivity index (χ2n) is 7.93. The SMILES string of the molecule is CCNC(=NCCN1CCc2ccccc2C1)N1CCC(OCCCOC)CC1.I. The molecule has 7 heteroatoms. The van der Waals surface area contributed by atoms with Crippen LogP contribution in [0.1, 0.15) is 37.3 Å². The molecule has 0 amide bonds. The van der Waals surface area contributed by atoms with E-state index in [1.54, 1.807) is 7.11 Å². The van der Waals surface area contributed by atoms with Gasteiger partial charge >= 0.3 is 0 Å². The Morgan fingerprint density at radius 2 is 1.90 bits per heavy atom. The van der Waals surface area contributed by atoms with Crippen LogP contribution in [0.2, 0.25) is 0 Å². The number of hydrogen-bond donors (Lipinski definition) is 1. The number of ether oxygens (including phenoxy) is 2. The van der Waals surface area contributed by atoms with E-state index in [1.165, 1.54) is 11.1 Å². The first-order valence-electron chi connectivity index (χ1n) is 11.2. The van der Waals surface area contributed by atoms with E-state index in [4.69, 9.17) is 14.5 Å². The van der Waals surface area contributed by atoms with E-state index >= 15 is 0 Å². The minimum atomic E-state index is 0. The van der Waals surface area contributed by atoms with E-state index in [-0.39, 0.29) is 24.0 Å². The summed E-state index contributed by atoms with van der Waals surface area (Å²) in [4.78, 5) is 9.85. The van der Waals surface area contributed by atoms with Crippen molar-refractivity contribution in [1.29, 1.82) is 0 Å². The molecule has 0 radical (unpaired) electrons. The van der Waals surface area contributed by atoms with Crippen LogP contribution in [0.15, 0.2) is 29.3 Å². The number of nitrogens with one attached hydrogen (secondary N) is 1. The second kappa shape index (κ2) is 14.2. The summed E-state index contributed by atoms with van der Waals surface area (Å²) in [5.41, 5.74) is 2.98. The maximum atomic E-state index is 5.99. The van der Waals surface area contributed by atoms with Crippen LogP contribution in [0.3, 0.4) is 0 Å². The number of guanidine groups is 1. The van der Waals surface area contributed by atoms with Crippen molar-refractivity contribution in [3.05, 3.63) is 35.4 Å². The standard InChI is InChI=1S/C23H38N4O2.HI/c1-3-24-23(27-14-10-22(11-15-27)29-18-6-17-28-2)25-12-16-26-13-9-20-7-4-5-8-21(20)19-26;/h4-5,7-8,22H,3,6,9-19H2,1-2H3,(H,24,25);1H. The molecule has 3 rings (SSSR count). The molecule has 0 unspecified atom stereocenters. The molecular formula is C23H39IN4O2. The second-order valence-corrected chi connectivity index (χ2v) is 7.93. The molecule has 0 aliphatic carbocycles. The Morgan fingerprint density at radius 1 is 1.13 bits per heavy atom. The highest BCUT2D eigenvalue weighted by Crippen LogP contribution is 2.18. The van der Waals surface area contributed by atoms with Gasteiger partial charge in [0.2, 0.25) is 0 Å². The fourth-order valence-electron chi connectivity index (χ4n) is 4.16. The van der Waals surface area contributed by atoms with Gasteiger partial charge in [0.1, 0.15) is 0 Å². The molecule has 6 nitrogen and oxygen atoms in total. The Kier molecular flexibility index (Phi) is 12.0. The molecule has 1 fully saturated rings. The van der Waals surface area contributed by atoms with E-state index in [9.17, 15) is 0 Å². The zero-order valence-electron chi connectivity index (χ0n) is 18.6. The molecule has 1 N–H and O–H groups in total. The topological polar surface area (TPSA) is 49.3 Å². The van der Waals surface area contributed by atoms with Gasteiger partial charge < -0.3 is 19.7 Å². The van der Waals surface area contributed by atoms with Gasteiger partial charge in [0, 0.05) is 59.6 Å². The van der Waals surface area contributed by atoms with Gasteiger partial charge in [-0.25, -0.2) is 0 Å². The van der Waals surface area contributed by atoms with Crippen molar-refractivity contribution in [3.8, 4) is 0 Å². The molecular weight excluding hydrogens is 491 g/mol. The van der Waals surface area contributed by atoms with Crippen molar-refractivity contribution in [2.75, 3.05) is 59.6 Å². The number of nitrogens with zero attached hydrogens (tertiary/aromatic N) is 3. The minimum Gasteiger partial charge on any atom is -0.385 e. The quantitative estimate of drug-likeness (QED) is 0.230. The summed E-state index contributed by atoms with van der Waals surface area (Å²) in [6.07, 6.45) is 4.64. The summed E-state index contributed by atoms with van der Waals surface area (Å²) in [5, 5.41) is 3.48. The largest absolute Gasteiger partial charge is 0.385 e. The van der Waals surface area contributed by atoms with Crippen molar-refractivity contribution in [1.82, 2.24) is 15.1 Å². The lowest BCUT2D eigenvalue weighted by Gasteiger charge is -2.34. The van der Waals surface area contributed by atoms with E-state index < -0.39 is 0 Å². The van der Waals surface area contributed by atoms with Crippen LogP contribution in [-0.2, 0) is 22.4 Å². The van der Waals surface area contributed by atoms with E-state index in [0.29, 0.717) is 6.10 Å². The number of benzene rings is 1. The van der Waals surface area contributed by atoms with E-state index in [2.05, 4.69) is 46.3 Å². The van der Waals surface area contributed by atoms with Crippen LogP contribution >= 0.6 is 24.0 Å². The molecule has 0 atom stereocenters. The highest BCUT2D eigenvalue weighted by molar-refractivity contribution is 14.0. The van der Waals surface area contributed by atoms with Crippen molar-refractivity contribution >= 4 is 29.9 Å². The lowest BCUT2D eigenvalue weighted by molar-refractivity contribution is 0.00990. The van der Waals surface area contributed by atoms with Gasteiger partial charge in [-0.15, -0.1) is 24.0 Å². The molecule has 0 spiro atoms. The first-order chi connectivity index (χ1) is 14.3. The number of hydrogen-bond acceptors (Lipinski definition) is 4. The highest BCUT2D eigenvalue weighted by Gasteiger charge is 2.22. The van der Waals surface area contributed by atoms with Gasteiger partial charge in [0.25, 0.3) is 0 Å². The molecule has 0 aromatic heterocycles. The number of fused-ring (bicyclic) bond motifs is 1. The van der Waals surface area contributed by atoms with E-state index in [1.807, 2.05) is 0 Å². The molecule has 2 heterocycles. The van der Waals surface area contributed by atoms with Crippen LogP contribution in [0.25, 0.3) is 0 Å². The normalized spacial score (nSPS) is 18.1. The number of aliphatic imine (C=N–C) groups is 1. The van der Waals surface area contributed by atoms with Gasteiger partial charge in [-0.05, 0) is 43.7 Å². The first kappa shape index (κ1) is 25.4. The Morgan fingerprint density at radius 3 is 2.63 bits per heavy atom. The number of likely N-dealkylation sites (tertiary alicyclic amines) is 1. The van der Waals surface area contributed by atoms with Crippen LogP contribution in [0.4, 0.5) is 0 Å². The number of piperidine rings is 1. The van der Waals surface area contributed by atoms with Crippen molar-refractivity contribution in [3.63, 3.8) is 0 Å². The molecule has 1 saturated heterocycles. The lowest BCUT2D eigenvalue weighted by Crippen LogP contribution is -2.47. The summed E-state index contributed by atoms with van der Waals surface area (Å²) < 4.78 is 11.1. The molecule has 0 saturated carbocycles. The summed E-state index contributed by atoms with van der Waals surface area (Å²) in [5.74, 6) is 1.06. The third-order valence-corrected chi connectivity index (χ3v) is 5.81. The van der Waals surface area contributed by atoms with Crippen molar-refractivity contribution in [2.24, 2.45) is 4.99 Å².